The maximum Gasteiger partial charge on any atom is 0.234 e. The van der Waals surface area contributed by atoms with E-state index in [1.807, 2.05) is 31.2 Å². The van der Waals surface area contributed by atoms with Crippen molar-refractivity contribution in [3.05, 3.63) is 42.6 Å². The molecule has 0 radical (unpaired) electrons. The van der Waals surface area contributed by atoms with Crippen LogP contribution in [0.5, 0.6) is 0 Å². The molecule has 3 N–H and O–H groups in total. The lowest BCUT2D eigenvalue weighted by atomic mass is 10.0. The van der Waals surface area contributed by atoms with Gasteiger partial charge in [0.15, 0.2) is 0 Å². The standard InChI is InChI=1S/C21H24N4O4S/c1-2-29-11-12-30(27,28)25-16-7-5-14(6-8-16)18-13-19(24-21(26)15-3-4-15)23-20-17(18)9-10-22-20/h5-10,13,15,25H,2-4,11-12H2,1H3,(H2,22,23,24,26). The first-order chi connectivity index (χ1) is 14.4. The van der Waals surface area contributed by atoms with E-state index in [4.69, 9.17) is 4.74 Å². The molecule has 3 aromatic rings. The van der Waals surface area contributed by atoms with E-state index in [9.17, 15) is 13.2 Å². The number of amides is 1. The average molecular weight is 429 g/mol. The fourth-order valence-electron chi connectivity index (χ4n) is 3.18. The Hall–Kier alpha value is -2.91. The van der Waals surface area contributed by atoms with Crippen LogP contribution in [0.1, 0.15) is 19.8 Å². The topological polar surface area (TPSA) is 113 Å². The number of aromatic amines is 1. The van der Waals surface area contributed by atoms with Gasteiger partial charge < -0.3 is 15.0 Å². The third-order valence-electron chi connectivity index (χ3n) is 4.90. The summed E-state index contributed by atoms with van der Waals surface area (Å²) in [6.45, 7) is 2.46. The normalized spacial score (nSPS) is 14.0. The average Bonchev–Trinajstić information content (AvgIpc) is 3.46. The van der Waals surface area contributed by atoms with Crippen molar-refractivity contribution in [3.8, 4) is 11.1 Å². The Bertz CT molecular complexity index is 1150. The molecule has 0 atom stereocenters. The fraction of sp³-hybridized carbons (Fsp3) is 0.333. The summed E-state index contributed by atoms with van der Waals surface area (Å²) in [6.07, 6.45) is 3.64. The van der Waals surface area contributed by atoms with Crippen LogP contribution in [0.15, 0.2) is 42.6 Å². The van der Waals surface area contributed by atoms with Gasteiger partial charge in [-0.05, 0) is 55.2 Å². The number of sulfonamides is 1. The van der Waals surface area contributed by atoms with E-state index in [0.29, 0.717) is 23.8 Å². The van der Waals surface area contributed by atoms with Crippen molar-refractivity contribution in [2.45, 2.75) is 19.8 Å². The minimum Gasteiger partial charge on any atom is -0.381 e. The number of benzene rings is 1. The molecule has 1 fully saturated rings. The first kappa shape index (κ1) is 20.4. The summed E-state index contributed by atoms with van der Waals surface area (Å²) in [7, 11) is -3.47. The van der Waals surface area contributed by atoms with E-state index >= 15 is 0 Å². The van der Waals surface area contributed by atoms with Crippen LogP contribution in [0.2, 0.25) is 0 Å². The zero-order valence-corrected chi connectivity index (χ0v) is 17.5. The second-order valence-electron chi connectivity index (χ2n) is 7.25. The minimum absolute atomic E-state index is 0.00355. The number of rotatable bonds is 9. The van der Waals surface area contributed by atoms with Gasteiger partial charge in [-0.15, -0.1) is 0 Å². The molecule has 4 rings (SSSR count). The molecule has 1 aromatic carbocycles. The molecular weight excluding hydrogens is 404 g/mol. The smallest absolute Gasteiger partial charge is 0.234 e. The highest BCUT2D eigenvalue weighted by molar-refractivity contribution is 7.92. The van der Waals surface area contributed by atoms with Crippen LogP contribution in [0.25, 0.3) is 22.2 Å². The molecule has 9 heteroatoms. The molecule has 1 aliphatic carbocycles. The quantitative estimate of drug-likeness (QED) is 0.452. The third-order valence-corrected chi connectivity index (χ3v) is 6.15. The van der Waals surface area contributed by atoms with Gasteiger partial charge in [0.05, 0.1) is 12.4 Å². The Morgan fingerprint density at radius 1 is 1.23 bits per heavy atom. The van der Waals surface area contributed by atoms with Gasteiger partial charge in [-0.3, -0.25) is 9.52 Å². The van der Waals surface area contributed by atoms with Gasteiger partial charge in [0.1, 0.15) is 11.5 Å². The summed E-state index contributed by atoms with van der Waals surface area (Å²) in [4.78, 5) is 19.7. The van der Waals surface area contributed by atoms with Gasteiger partial charge in [-0.2, -0.15) is 0 Å². The molecule has 0 saturated heterocycles. The lowest BCUT2D eigenvalue weighted by molar-refractivity contribution is -0.117. The van der Waals surface area contributed by atoms with Gasteiger partial charge >= 0.3 is 0 Å². The van der Waals surface area contributed by atoms with Gasteiger partial charge in [-0.1, -0.05) is 12.1 Å². The molecule has 0 unspecified atom stereocenters. The van der Waals surface area contributed by atoms with Gasteiger partial charge in [0.2, 0.25) is 15.9 Å². The number of anilines is 2. The number of fused-ring (bicyclic) bond motifs is 1. The molecule has 1 amide bonds. The van der Waals surface area contributed by atoms with Crippen LogP contribution in [-0.4, -0.2) is 43.3 Å². The molecule has 0 bridgehead atoms. The largest absolute Gasteiger partial charge is 0.381 e. The molecule has 2 aromatic heterocycles. The van der Waals surface area contributed by atoms with E-state index in [2.05, 4.69) is 20.0 Å². The Morgan fingerprint density at radius 2 is 2.00 bits per heavy atom. The summed E-state index contributed by atoms with van der Waals surface area (Å²) in [5, 5.41) is 3.81. The number of pyridine rings is 1. The van der Waals surface area contributed by atoms with Crippen molar-refractivity contribution in [1.29, 1.82) is 0 Å². The number of hydrogen-bond donors (Lipinski definition) is 3. The third kappa shape index (κ3) is 4.80. The Labute approximate surface area is 175 Å². The number of carbonyl (C=O) groups is 1. The first-order valence-corrected chi connectivity index (χ1v) is 11.6. The monoisotopic (exact) mass is 428 g/mol. The lowest BCUT2D eigenvalue weighted by Crippen LogP contribution is -2.20. The highest BCUT2D eigenvalue weighted by Gasteiger charge is 2.30. The van der Waals surface area contributed by atoms with Crippen LogP contribution in [0.4, 0.5) is 11.5 Å². The van der Waals surface area contributed by atoms with Crippen molar-refractivity contribution in [3.63, 3.8) is 0 Å². The molecular formula is C21H24N4O4S. The predicted octanol–water partition coefficient (Wildman–Crippen LogP) is 3.36. The number of H-pyrrole nitrogens is 1. The number of nitrogens with one attached hydrogen (secondary N) is 3. The summed E-state index contributed by atoms with van der Waals surface area (Å²) in [6, 6.07) is 10.9. The molecule has 1 aliphatic rings. The van der Waals surface area contributed by atoms with Gasteiger partial charge in [-0.25, -0.2) is 13.4 Å². The molecule has 8 nitrogen and oxygen atoms in total. The van der Waals surface area contributed by atoms with Crippen molar-refractivity contribution in [1.82, 2.24) is 9.97 Å². The SMILES string of the molecule is CCOCCS(=O)(=O)Nc1ccc(-c2cc(NC(=O)C3CC3)nc3[nH]ccc23)cc1. The number of hydrogen-bond acceptors (Lipinski definition) is 5. The second kappa shape index (κ2) is 8.45. The minimum atomic E-state index is -3.47. The zero-order valence-electron chi connectivity index (χ0n) is 16.6. The highest BCUT2D eigenvalue weighted by atomic mass is 32.2. The van der Waals surface area contributed by atoms with Gasteiger partial charge in [0, 0.05) is 29.8 Å². The summed E-state index contributed by atoms with van der Waals surface area (Å²) >= 11 is 0. The molecule has 0 spiro atoms. The number of aromatic nitrogens is 2. The van der Waals surface area contributed by atoms with E-state index in [-0.39, 0.29) is 24.2 Å². The predicted molar refractivity (Wildman–Crippen MR) is 117 cm³/mol. The van der Waals surface area contributed by atoms with Crippen LogP contribution >= 0.6 is 0 Å². The Balaban J connectivity index is 1.56. The molecule has 1 saturated carbocycles. The maximum atomic E-state index is 12.1. The van der Waals surface area contributed by atoms with Crippen molar-refractivity contribution >= 4 is 38.5 Å². The number of ether oxygens (including phenoxy) is 1. The van der Waals surface area contributed by atoms with Gasteiger partial charge in [0.25, 0.3) is 0 Å². The summed E-state index contributed by atoms with van der Waals surface area (Å²) in [5.74, 6) is 0.486. The molecule has 0 aliphatic heterocycles. The summed E-state index contributed by atoms with van der Waals surface area (Å²) < 4.78 is 31.9. The summed E-state index contributed by atoms with van der Waals surface area (Å²) in [5.41, 5.74) is 2.95. The fourth-order valence-corrected chi connectivity index (χ4v) is 4.11. The van der Waals surface area contributed by atoms with E-state index in [1.54, 1.807) is 18.3 Å². The lowest BCUT2D eigenvalue weighted by Gasteiger charge is -2.11. The second-order valence-corrected chi connectivity index (χ2v) is 9.10. The molecule has 2 heterocycles. The Kier molecular flexibility index (Phi) is 5.74. The molecule has 158 valence electrons. The van der Waals surface area contributed by atoms with Crippen LogP contribution in [-0.2, 0) is 19.6 Å². The van der Waals surface area contributed by atoms with Crippen LogP contribution in [0, 0.1) is 5.92 Å². The van der Waals surface area contributed by atoms with E-state index < -0.39 is 10.0 Å². The number of carbonyl (C=O) groups excluding carboxylic acids is 1. The van der Waals surface area contributed by atoms with E-state index in [1.165, 1.54) is 0 Å². The van der Waals surface area contributed by atoms with Crippen molar-refractivity contribution in [2.75, 3.05) is 29.0 Å². The maximum absolute atomic E-state index is 12.1. The Morgan fingerprint density at radius 3 is 2.70 bits per heavy atom. The first-order valence-electron chi connectivity index (χ1n) is 9.93. The van der Waals surface area contributed by atoms with Crippen molar-refractivity contribution < 1.29 is 17.9 Å². The van der Waals surface area contributed by atoms with Crippen LogP contribution in [0.3, 0.4) is 0 Å². The molecule has 30 heavy (non-hydrogen) atoms. The van der Waals surface area contributed by atoms with E-state index in [0.717, 1.165) is 29.4 Å². The van der Waals surface area contributed by atoms with Crippen molar-refractivity contribution in [2.24, 2.45) is 5.92 Å². The zero-order chi connectivity index (χ0) is 21.1. The van der Waals surface area contributed by atoms with Crippen LogP contribution < -0.4 is 10.0 Å². The highest BCUT2D eigenvalue weighted by Crippen LogP contribution is 2.33. The number of nitrogens with zero attached hydrogens (tertiary/aromatic N) is 1.